The molecule has 98 valence electrons. The van der Waals surface area contributed by atoms with Crippen molar-refractivity contribution in [3.63, 3.8) is 0 Å². The summed E-state index contributed by atoms with van der Waals surface area (Å²) in [5.41, 5.74) is 0. The molecular formula is C12H21NO2S2. The fraction of sp³-hybridized carbons (Fsp3) is 0.667. The molecule has 3 nitrogen and oxygen atoms in total. The fourth-order valence-corrected chi connectivity index (χ4v) is 3.04. The molecule has 0 aliphatic carbocycles. The Bertz CT molecular complexity index is 416. The molecule has 0 spiro atoms. The number of rotatable bonds is 6. The average molecular weight is 275 g/mol. The van der Waals surface area contributed by atoms with Crippen LogP contribution in [0.3, 0.4) is 0 Å². The maximum absolute atomic E-state index is 11.8. The van der Waals surface area contributed by atoms with E-state index < -0.39 is 14.6 Å². The van der Waals surface area contributed by atoms with E-state index in [4.69, 9.17) is 0 Å². The number of hydrogen-bond acceptors (Lipinski definition) is 4. The van der Waals surface area contributed by atoms with Crippen molar-refractivity contribution in [1.82, 2.24) is 5.32 Å². The fourth-order valence-electron chi connectivity index (χ4n) is 1.30. The molecule has 0 bridgehead atoms. The zero-order valence-electron chi connectivity index (χ0n) is 10.7. The van der Waals surface area contributed by atoms with Crippen LogP contribution in [0.1, 0.15) is 25.6 Å². The van der Waals surface area contributed by atoms with Crippen LogP contribution in [-0.4, -0.2) is 32.0 Å². The summed E-state index contributed by atoms with van der Waals surface area (Å²) in [6.07, 6.45) is 0.966. The van der Waals surface area contributed by atoms with Gasteiger partial charge in [0, 0.05) is 11.4 Å². The zero-order valence-corrected chi connectivity index (χ0v) is 12.3. The van der Waals surface area contributed by atoms with Gasteiger partial charge >= 0.3 is 0 Å². The Balaban J connectivity index is 2.21. The molecular weight excluding hydrogens is 254 g/mol. The van der Waals surface area contributed by atoms with Crippen LogP contribution >= 0.6 is 11.3 Å². The van der Waals surface area contributed by atoms with Gasteiger partial charge in [-0.15, -0.1) is 11.3 Å². The van der Waals surface area contributed by atoms with Crippen LogP contribution in [0.15, 0.2) is 17.5 Å². The van der Waals surface area contributed by atoms with E-state index in [9.17, 15) is 8.42 Å². The molecule has 1 aromatic rings. The third-order valence-corrected chi connectivity index (χ3v) is 6.15. The molecule has 0 amide bonds. The molecule has 0 aliphatic rings. The summed E-state index contributed by atoms with van der Waals surface area (Å²) in [4.78, 5) is 1.33. The highest BCUT2D eigenvalue weighted by Crippen LogP contribution is 2.15. The maximum atomic E-state index is 11.8. The van der Waals surface area contributed by atoms with Gasteiger partial charge in [0.1, 0.15) is 0 Å². The largest absolute Gasteiger partial charge is 0.315 e. The molecule has 1 heterocycles. The van der Waals surface area contributed by atoms with Gasteiger partial charge in [0.15, 0.2) is 9.84 Å². The van der Waals surface area contributed by atoms with Gasteiger partial charge in [0.25, 0.3) is 0 Å². The lowest BCUT2D eigenvalue weighted by Crippen LogP contribution is -2.35. The Morgan fingerprint density at radius 3 is 2.53 bits per heavy atom. The standard InChI is InChI=1S/C12H21NO2S2/c1-12(2,3)17(14,15)10-8-13-7-6-11-5-4-9-16-11/h4-5,9,13H,6-8,10H2,1-3H3. The molecule has 0 radical (unpaired) electrons. The van der Waals surface area contributed by atoms with E-state index in [2.05, 4.69) is 16.8 Å². The molecule has 0 unspecified atom stereocenters. The Morgan fingerprint density at radius 1 is 1.29 bits per heavy atom. The highest BCUT2D eigenvalue weighted by Gasteiger charge is 2.27. The second-order valence-electron chi connectivity index (χ2n) is 5.01. The molecule has 1 rings (SSSR count). The second kappa shape index (κ2) is 5.98. The van der Waals surface area contributed by atoms with E-state index in [0.29, 0.717) is 6.54 Å². The predicted octanol–water partition coefficient (Wildman–Crippen LogP) is 2.09. The molecule has 0 fully saturated rings. The smallest absolute Gasteiger partial charge is 0.156 e. The van der Waals surface area contributed by atoms with E-state index in [1.54, 1.807) is 32.1 Å². The van der Waals surface area contributed by atoms with Gasteiger partial charge in [-0.1, -0.05) is 6.07 Å². The number of nitrogens with one attached hydrogen (secondary N) is 1. The first-order chi connectivity index (χ1) is 7.83. The van der Waals surface area contributed by atoms with Crippen molar-refractivity contribution < 1.29 is 8.42 Å². The minimum atomic E-state index is -2.99. The van der Waals surface area contributed by atoms with Gasteiger partial charge in [-0.25, -0.2) is 8.42 Å². The molecule has 17 heavy (non-hydrogen) atoms. The number of hydrogen-bond donors (Lipinski definition) is 1. The van der Waals surface area contributed by atoms with Gasteiger partial charge < -0.3 is 5.32 Å². The van der Waals surface area contributed by atoms with E-state index in [0.717, 1.165) is 13.0 Å². The van der Waals surface area contributed by atoms with Crippen molar-refractivity contribution >= 4 is 21.2 Å². The van der Waals surface area contributed by atoms with Gasteiger partial charge in [0.2, 0.25) is 0 Å². The molecule has 0 saturated carbocycles. The Kier molecular flexibility index (Phi) is 5.16. The molecule has 1 aromatic heterocycles. The minimum Gasteiger partial charge on any atom is -0.315 e. The lowest BCUT2D eigenvalue weighted by Gasteiger charge is -2.19. The van der Waals surface area contributed by atoms with Crippen LogP contribution in [0.2, 0.25) is 0 Å². The summed E-state index contributed by atoms with van der Waals surface area (Å²) >= 11 is 1.73. The van der Waals surface area contributed by atoms with Crippen LogP contribution in [0, 0.1) is 0 Å². The monoisotopic (exact) mass is 275 g/mol. The van der Waals surface area contributed by atoms with E-state index in [-0.39, 0.29) is 5.75 Å². The predicted molar refractivity (Wildman–Crippen MR) is 74.4 cm³/mol. The first-order valence-electron chi connectivity index (χ1n) is 5.78. The zero-order chi connectivity index (χ0) is 12.9. The van der Waals surface area contributed by atoms with Crippen molar-refractivity contribution in [2.75, 3.05) is 18.8 Å². The highest BCUT2D eigenvalue weighted by molar-refractivity contribution is 7.92. The number of thiophene rings is 1. The number of sulfone groups is 1. The van der Waals surface area contributed by atoms with E-state index in [1.165, 1.54) is 4.88 Å². The third-order valence-electron chi connectivity index (χ3n) is 2.61. The van der Waals surface area contributed by atoms with E-state index >= 15 is 0 Å². The summed E-state index contributed by atoms with van der Waals surface area (Å²) in [7, 11) is -2.99. The van der Waals surface area contributed by atoms with E-state index in [1.807, 2.05) is 6.07 Å². The first-order valence-corrected chi connectivity index (χ1v) is 8.31. The van der Waals surface area contributed by atoms with Gasteiger partial charge in [-0.05, 0) is 45.2 Å². The van der Waals surface area contributed by atoms with Crippen LogP contribution in [0.25, 0.3) is 0 Å². The molecule has 5 heteroatoms. The van der Waals surface area contributed by atoms with Crippen molar-refractivity contribution in [1.29, 1.82) is 0 Å². The Hall–Kier alpha value is -0.390. The highest BCUT2D eigenvalue weighted by atomic mass is 32.2. The van der Waals surface area contributed by atoms with Gasteiger partial charge in [0.05, 0.1) is 10.5 Å². The van der Waals surface area contributed by atoms with Gasteiger partial charge in [-0.3, -0.25) is 0 Å². The molecule has 0 aliphatic heterocycles. The summed E-state index contributed by atoms with van der Waals surface area (Å²) in [5, 5.41) is 5.23. The quantitative estimate of drug-likeness (QED) is 0.809. The van der Waals surface area contributed by atoms with Crippen molar-refractivity contribution in [3.05, 3.63) is 22.4 Å². The van der Waals surface area contributed by atoms with Crippen LogP contribution in [-0.2, 0) is 16.3 Å². The molecule has 0 saturated heterocycles. The van der Waals surface area contributed by atoms with Crippen LogP contribution in [0.5, 0.6) is 0 Å². The Labute approximate surface area is 108 Å². The maximum Gasteiger partial charge on any atom is 0.156 e. The minimum absolute atomic E-state index is 0.209. The summed E-state index contributed by atoms with van der Waals surface area (Å²) in [5.74, 6) is 0.209. The topological polar surface area (TPSA) is 46.2 Å². The average Bonchev–Trinajstić information content (AvgIpc) is 2.68. The lowest BCUT2D eigenvalue weighted by atomic mass is 10.3. The molecule has 1 N–H and O–H groups in total. The van der Waals surface area contributed by atoms with Gasteiger partial charge in [-0.2, -0.15) is 0 Å². The summed E-state index contributed by atoms with van der Waals surface area (Å²) in [6, 6.07) is 4.13. The van der Waals surface area contributed by atoms with Crippen LogP contribution in [0.4, 0.5) is 0 Å². The molecule has 0 aromatic carbocycles. The van der Waals surface area contributed by atoms with Crippen molar-refractivity contribution in [2.45, 2.75) is 31.9 Å². The van der Waals surface area contributed by atoms with Crippen molar-refractivity contribution in [2.24, 2.45) is 0 Å². The first kappa shape index (κ1) is 14.7. The SMILES string of the molecule is CC(C)(C)S(=O)(=O)CCNCCc1cccs1. The normalized spacial score (nSPS) is 12.9. The second-order valence-corrected chi connectivity index (χ2v) is 8.91. The summed E-state index contributed by atoms with van der Waals surface area (Å²) in [6.45, 7) is 6.60. The van der Waals surface area contributed by atoms with Crippen molar-refractivity contribution in [3.8, 4) is 0 Å². The third kappa shape index (κ3) is 4.77. The van der Waals surface area contributed by atoms with Crippen LogP contribution < -0.4 is 5.32 Å². The summed E-state index contributed by atoms with van der Waals surface area (Å²) < 4.78 is 23.0. The molecule has 0 atom stereocenters. The Morgan fingerprint density at radius 2 is 2.00 bits per heavy atom. The lowest BCUT2D eigenvalue weighted by molar-refractivity contribution is 0.556.